The monoisotopic (exact) mass is 394 g/mol. The molecule has 1 fully saturated rings. The maximum Gasteiger partial charge on any atom is 0.411 e. The Morgan fingerprint density at radius 3 is 2.37 bits per heavy atom. The number of carbonyl (C=O) groups is 2. The summed E-state index contributed by atoms with van der Waals surface area (Å²) in [7, 11) is 5.08. The zero-order chi connectivity index (χ0) is 20.2. The van der Waals surface area contributed by atoms with Crippen LogP contribution in [0.25, 0.3) is 0 Å². The van der Waals surface area contributed by atoms with Crippen LogP contribution in [0.1, 0.15) is 32.8 Å². The molecule has 0 bridgehead atoms. The molecule has 0 aliphatic carbocycles. The van der Waals surface area contributed by atoms with Crippen molar-refractivity contribution >= 4 is 23.8 Å². The zero-order valence-corrected chi connectivity index (χ0v) is 17.8. The van der Waals surface area contributed by atoms with Crippen LogP contribution in [0.3, 0.4) is 0 Å². The molecule has 0 aromatic heterocycles. The highest BCUT2D eigenvalue weighted by atomic mass is 32.2. The molecule has 0 N–H and O–H groups in total. The van der Waals surface area contributed by atoms with Gasteiger partial charge < -0.3 is 14.4 Å². The van der Waals surface area contributed by atoms with Crippen LogP contribution in [-0.2, 0) is 15.3 Å². The molecule has 0 saturated carbocycles. The van der Waals surface area contributed by atoms with Gasteiger partial charge in [-0.2, -0.15) is 11.8 Å². The highest BCUT2D eigenvalue weighted by Crippen LogP contribution is 2.32. The minimum absolute atomic E-state index is 0.0617. The zero-order valence-electron chi connectivity index (χ0n) is 17.0. The first kappa shape index (κ1) is 21.4. The molecule has 150 valence electrons. The maximum absolute atomic E-state index is 12.6. The minimum atomic E-state index is -0.586. The molecule has 7 heteroatoms. The first-order valence-electron chi connectivity index (χ1n) is 9.06. The third-order valence-corrected chi connectivity index (χ3v) is 5.57. The Balaban J connectivity index is 2.03. The molecule has 0 unspecified atom stereocenters. The van der Waals surface area contributed by atoms with Crippen LogP contribution in [0, 0.1) is 0 Å². The number of hydrogen-bond acceptors (Lipinski definition) is 5. The van der Waals surface area contributed by atoms with E-state index in [1.54, 1.807) is 42.8 Å². The Hall–Kier alpha value is -1.89. The Morgan fingerprint density at radius 2 is 1.85 bits per heavy atom. The quantitative estimate of drug-likeness (QED) is 0.766. The first-order valence-corrected chi connectivity index (χ1v) is 10.1. The second-order valence-electron chi connectivity index (χ2n) is 7.90. The number of amides is 2. The van der Waals surface area contributed by atoms with Crippen molar-refractivity contribution in [3.05, 3.63) is 29.8 Å². The van der Waals surface area contributed by atoms with E-state index >= 15 is 0 Å². The predicted octanol–water partition coefficient (Wildman–Crippen LogP) is 3.39. The van der Waals surface area contributed by atoms with E-state index in [0.717, 1.165) is 11.5 Å². The summed E-state index contributed by atoms with van der Waals surface area (Å²) in [6, 6.07) is 7.48. The molecule has 2 atom stereocenters. The molecule has 0 spiro atoms. The highest BCUT2D eigenvalue weighted by molar-refractivity contribution is 7.99. The number of likely N-dealkylation sites (N-methyl/N-ethyl adjacent to an activating group) is 1. The molecular formula is C20H30N2O4S. The van der Waals surface area contributed by atoms with Gasteiger partial charge in [-0.25, -0.2) is 4.79 Å². The lowest BCUT2D eigenvalue weighted by atomic mass is 10.2. The molecule has 2 amide bonds. The van der Waals surface area contributed by atoms with E-state index in [2.05, 4.69) is 0 Å². The largest absolute Gasteiger partial charge is 0.497 e. The lowest BCUT2D eigenvalue weighted by Crippen LogP contribution is -2.47. The van der Waals surface area contributed by atoms with Crippen molar-refractivity contribution in [2.75, 3.05) is 27.7 Å². The molecular weight excluding hydrogens is 364 g/mol. The fourth-order valence-corrected chi connectivity index (χ4v) is 4.11. The molecule has 1 saturated heterocycles. The summed E-state index contributed by atoms with van der Waals surface area (Å²) in [4.78, 5) is 28.3. The van der Waals surface area contributed by atoms with E-state index in [9.17, 15) is 9.59 Å². The third kappa shape index (κ3) is 6.06. The fourth-order valence-electron chi connectivity index (χ4n) is 2.91. The Morgan fingerprint density at radius 1 is 1.22 bits per heavy atom. The number of methoxy groups -OCH3 is 1. The van der Waals surface area contributed by atoms with Crippen molar-refractivity contribution < 1.29 is 19.1 Å². The Bertz CT molecular complexity index is 655. The average molecular weight is 395 g/mol. The van der Waals surface area contributed by atoms with Gasteiger partial charge in [-0.05, 0) is 44.9 Å². The lowest BCUT2D eigenvalue weighted by molar-refractivity contribution is -0.133. The number of thioether (sulfide) groups is 1. The number of nitrogens with zero attached hydrogens (tertiary/aromatic N) is 2. The standard InChI is InChI=1S/C20H30N2O4S/c1-20(2,3)26-19(24)22-12-16(11-17(22)18(23)21(4)5)27-13-14-7-9-15(25-6)10-8-14/h7-10,16-17H,11-13H2,1-6H3/t16-,17-/m0/s1. The van der Waals surface area contributed by atoms with E-state index < -0.39 is 17.7 Å². The minimum Gasteiger partial charge on any atom is -0.497 e. The summed E-state index contributed by atoms with van der Waals surface area (Å²) in [6.07, 6.45) is 0.215. The van der Waals surface area contributed by atoms with Gasteiger partial charge in [-0.3, -0.25) is 9.69 Å². The van der Waals surface area contributed by atoms with Gasteiger partial charge in [0.2, 0.25) is 5.91 Å². The van der Waals surface area contributed by atoms with Crippen molar-refractivity contribution in [1.29, 1.82) is 0 Å². The maximum atomic E-state index is 12.6. The normalized spacial score (nSPS) is 19.7. The number of benzene rings is 1. The van der Waals surface area contributed by atoms with Gasteiger partial charge in [-0.15, -0.1) is 0 Å². The van der Waals surface area contributed by atoms with Gasteiger partial charge in [0.15, 0.2) is 0 Å². The van der Waals surface area contributed by atoms with Crippen molar-refractivity contribution in [2.45, 2.75) is 49.8 Å². The topological polar surface area (TPSA) is 59.1 Å². The van der Waals surface area contributed by atoms with Gasteiger partial charge in [0.25, 0.3) is 0 Å². The molecule has 1 aliphatic heterocycles. The molecule has 2 rings (SSSR count). The van der Waals surface area contributed by atoms with Gasteiger partial charge >= 0.3 is 6.09 Å². The van der Waals surface area contributed by atoms with Crippen LogP contribution < -0.4 is 4.74 Å². The van der Waals surface area contributed by atoms with E-state index in [0.29, 0.717) is 13.0 Å². The number of rotatable bonds is 5. The van der Waals surface area contributed by atoms with Gasteiger partial charge in [0.1, 0.15) is 17.4 Å². The van der Waals surface area contributed by atoms with E-state index in [1.807, 2.05) is 45.0 Å². The third-order valence-electron chi connectivity index (χ3n) is 4.26. The number of likely N-dealkylation sites (tertiary alicyclic amines) is 1. The SMILES string of the molecule is COc1ccc(CS[C@H]2C[C@@H](C(=O)N(C)C)N(C(=O)OC(C)(C)C)C2)cc1. The summed E-state index contributed by atoms with van der Waals surface area (Å²) in [6.45, 7) is 6.01. The second kappa shape index (κ2) is 8.87. The van der Waals surface area contributed by atoms with Crippen LogP contribution in [0.5, 0.6) is 5.75 Å². The number of ether oxygens (including phenoxy) is 2. The Labute approximate surface area is 166 Å². The van der Waals surface area contributed by atoms with E-state index in [1.165, 1.54) is 5.56 Å². The van der Waals surface area contributed by atoms with Crippen LogP contribution in [0.4, 0.5) is 4.79 Å². The van der Waals surface area contributed by atoms with Gasteiger partial charge in [0, 0.05) is 31.6 Å². The van der Waals surface area contributed by atoms with E-state index in [4.69, 9.17) is 9.47 Å². The molecule has 6 nitrogen and oxygen atoms in total. The average Bonchev–Trinajstić information content (AvgIpc) is 3.02. The summed E-state index contributed by atoms with van der Waals surface area (Å²) in [5, 5.41) is 0.188. The van der Waals surface area contributed by atoms with Crippen LogP contribution in [0.15, 0.2) is 24.3 Å². The van der Waals surface area contributed by atoms with Crippen LogP contribution in [-0.4, -0.2) is 66.4 Å². The lowest BCUT2D eigenvalue weighted by Gasteiger charge is -2.29. The molecule has 0 radical (unpaired) electrons. The molecule has 1 aromatic carbocycles. The second-order valence-corrected chi connectivity index (χ2v) is 9.19. The van der Waals surface area contributed by atoms with Crippen molar-refractivity contribution in [3.8, 4) is 5.75 Å². The highest BCUT2D eigenvalue weighted by Gasteiger charge is 2.42. The summed E-state index contributed by atoms with van der Waals surface area (Å²) >= 11 is 1.76. The van der Waals surface area contributed by atoms with Crippen LogP contribution in [0.2, 0.25) is 0 Å². The number of hydrogen-bond donors (Lipinski definition) is 0. The molecule has 27 heavy (non-hydrogen) atoms. The number of carbonyl (C=O) groups excluding carboxylic acids is 2. The van der Waals surface area contributed by atoms with E-state index in [-0.39, 0.29) is 11.2 Å². The smallest absolute Gasteiger partial charge is 0.411 e. The molecule has 1 aliphatic rings. The van der Waals surface area contributed by atoms with Crippen molar-refractivity contribution in [1.82, 2.24) is 9.80 Å². The van der Waals surface area contributed by atoms with Gasteiger partial charge in [0.05, 0.1) is 7.11 Å². The fraction of sp³-hybridized carbons (Fsp3) is 0.600. The van der Waals surface area contributed by atoms with Crippen molar-refractivity contribution in [2.24, 2.45) is 0 Å². The Kier molecular flexibility index (Phi) is 7.03. The predicted molar refractivity (Wildman–Crippen MR) is 108 cm³/mol. The van der Waals surface area contributed by atoms with Crippen molar-refractivity contribution in [3.63, 3.8) is 0 Å². The molecule has 1 aromatic rings. The van der Waals surface area contributed by atoms with Crippen LogP contribution >= 0.6 is 11.8 Å². The summed E-state index contributed by atoms with van der Waals surface area (Å²) < 4.78 is 10.7. The van der Waals surface area contributed by atoms with Gasteiger partial charge in [-0.1, -0.05) is 12.1 Å². The first-order chi connectivity index (χ1) is 12.6. The summed E-state index contributed by atoms with van der Waals surface area (Å²) in [5.41, 5.74) is 0.601. The molecule has 1 heterocycles. The summed E-state index contributed by atoms with van der Waals surface area (Å²) in [5.74, 6) is 1.59.